The summed E-state index contributed by atoms with van der Waals surface area (Å²) >= 11 is 0. The molecule has 2 rings (SSSR count). The first-order chi connectivity index (χ1) is 8.99. The molecule has 104 valence electrons. The summed E-state index contributed by atoms with van der Waals surface area (Å²) < 4.78 is 0. The Hall–Kier alpha value is -1.55. The number of aryl methyl sites for hydroxylation is 1. The highest BCUT2D eigenvalue weighted by atomic mass is 16.3. The average Bonchev–Trinajstić information content (AvgIpc) is 2.38. The fourth-order valence-electron chi connectivity index (χ4n) is 2.56. The van der Waals surface area contributed by atoms with Crippen LogP contribution < -0.4 is 0 Å². The van der Waals surface area contributed by atoms with E-state index in [2.05, 4.69) is 11.9 Å². The van der Waals surface area contributed by atoms with Crippen molar-refractivity contribution < 1.29 is 9.90 Å². The van der Waals surface area contributed by atoms with Gasteiger partial charge in [0.15, 0.2) is 0 Å². The minimum atomic E-state index is -0.0907. The fraction of sp³-hybridized carbons (Fsp3) is 0.533. The lowest BCUT2D eigenvalue weighted by molar-refractivity contribution is 0.0656. The van der Waals surface area contributed by atoms with Crippen LogP contribution in [0.25, 0.3) is 0 Å². The molecular formula is C15H22N2O2. The van der Waals surface area contributed by atoms with Gasteiger partial charge in [0.2, 0.25) is 0 Å². The molecular weight excluding hydrogens is 240 g/mol. The van der Waals surface area contributed by atoms with Gasteiger partial charge < -0.3 is 14.9 Å². The van der Waals surface area contributed by atoms with Crippen LogP contribution in [0.3, 0.4) is 0 Å². The van der Waals surface area contributed by atoms with Gasteiger partial charge >= 0.3 is 0 Å². The SMILES string of the molecule is Cc1ccc(C(=O)N(C)C2CCN(C)CC2)c(O)c1. The van der Waals surface area contributed by atoms with Crippen LogP contribution in [0.5, 0.6) is 5.75 Å². The van der Waals surface area contributed by atoms with Crippen molar-refractivity contribution in [3.05, 3.63) is 29.3 Å². The maximum Gasteiger partial charge on any atom is 0.257 e. The van der Waals surface area contributed by atoms with Gasteiger partial charge in [-0.15, -0.1) is 0 Å². The van der Waals surface area contributed by atoms with Gasteiger partial charge in [-0.2, -0.15) is 0 Å². The van der Waals surface area contributed by atoms with Crippen LogP contribution in [-0.2, 0) is 0 Å². The molecule has 1 aliphatic rings. The predicted molar refractivity (Wildman–Crippen MR) is 75.5 cm³/mol. The molecule has 0 atom stereocenters. The molecule has 4 heteroatoms. The molecule has 0 spiro atoms. The Morgan fingerprint density at radius 3 is 2.58 bits per heavy atom. The Morgan fingerprint density at radius 1 is 1.37 bits per heavy atom. The first-order valence-electron chi connectivity index (χ1n) is 6.74. The first-order valence-corrected chi connectivity index (χ1v) is 6.74. The third kappa shape index (κ3) is 3.07. The van der Waals surface area contributed by atoms with Crippen LogP contribution in [-0.4, -0.2) is 54.0 Å². The molecule has 0 aromatic heterocycles. The van der Waals surface area contributed by atoms with Crippen molar-refractivity contribution in [3.8, 4) is 5.75 Å². The van der Waals surface area contributed by atoms with Crippen molar-refractivity contribution >= 4 is 5.91 Å². The highest BCUT2D eigenvalue weighted by Crippen LogP contribution is 2.22. The van der Waals surface area contributed by atoms with Crippen molar-refractivity contribution in [1.29, 1.82) is 0 Å². The molecule has 0 saturated carbocycles. The van der Waals surface area contributed by atoms with Crippen molar-refractivity contribution in [2.45, 2.75) is 25.8 Å². The van der Waals surface area contributed by atoms with E-state index in [-0.39, 0.29) is 17.7 Å². The number of aromatic hydroxyl groups is 1. The van der Waals surface area contributed by atoms with E-state index in [4.69, 9.17) is 0 Å². The van der Waals surface area contributed by atoms with Crippen LogP contribution in [0, 0.1) is 6.92 Å². The largest absolute Gasteiger partial charge is 0.507 e. The molecule has 0 aliphatic carbocycles. The highest BCUT2D eigenvalue weighted by Gasteiger charge is 2.25. The Bertz CT molecular complexity index is 465. The summed E-state index contributed by atoms with van der Waals surface area (Å²) in [5.41, 5.74) is 1.35. The third-order valence-corrected chi connectivity index (χ3v) is 3.94. The van der Waals surface area contributed by atoms with Crippen LogP contribution in [0.4, 0.5) is 0 Å². The quantitative estimate of drug-likeness (QED) is 0.885. The molecule has 1 fully saturated rings. The van der Waals surface area contributed by atoms with Gasteiger partial charge in [0.25, 0.3) is 5.91 Å². The van der Waals surface area contributed by atoms with E-state index in [9.17, 15) is 9.90 Å². The number of likely N-dealkylation sites (tertiary alicyclic amines) is 1. The first kappa shape index (κ1) is 13.9. The maximum atomic E-state index is 12.4. The molecule has 1 amide bonds. The van der Waals surface area contributed by atoms with Crippen molar-refractivity contribution in [3.63, 3.8) is 0 Å². The molecule has 0 radical (unpaired) electrons. The molecule has 4 nitrogen and oxygen atoms in total. The number of rotatable bonds is 2. The number of hydrogen-bond acceptors (Lipinski definition) is 3. The standard InChI is InChI=1S/C15H22N2O2/c1-11-4-5-13(14(18)10-11)15(19)17(3)12-6-8-16(2)9-7-12/h4-5,10,12,18H,6-9H2,1-3H3. The zero-order valence-corrected chi connectivity index (χ0v) is 11.9. The summed E-state index contributed by atoms with van der Waals surface area (Å²) in [6.07, 6.45) is 1.98. The number of phenolic OH excluding ortho intramolecular Hbond substituents is 1. The van der Waals surface area contributed by atoms with Crippen molar-refractivity contribution in [1.82, 2.24) is 9.80 Å². The number of carbonyl (C=O) groups is 1. The van der Waals surface area contributed by atoms with Crippen LogP contribution >= 0.6 is 0 Å². The van der Waals surface area contributed by atoms with E-state index in [1.807, 2.05) is 20.0 Å². The second-order valence-electron chi connectivity index (χ2n) is 5.47. The van der Waals surface area contributed by atoms with E-state index in [0.29, 0.717) is 5.56 Å². The lowest BCUT2D eigenvalue weighted by atomic mass is 10.0. The van der Waals surface area contributed by atoms with E-state index < -0.39 is 0 Å². The van der Waals surface area contributed by atoms with Gasteiger partial charge in [-0.25, -0.2) is 0 Å². The number of nitrogens with zero attached hydrogens (tertiary/aromatic N) is 2. The summed E-state index contributed by atoms with van der Waals surface area (Å²) in [6.45, 7) is 3.93. The van der Waals surface area contributed by atoms with Gasteiger partial charge in [0, 0.05) is 13.1 Å². The van der Waals surface area contributed by atoms with Gasteiger partial charge in [0.05, 0.1) is 5.56 Å². The summed E-state index contributed by atoms with van der Waals surface area (Å²) in [5, 5.41) is 9.90. The number of phenols is 1. The Morgan fingerprint density at radius 2 is 2.00 bits per heavy atom. The Balaban J connectivity index is 2.10. The Kier molecular flexibility index (Phi) is 4.10. The van der Waals surface area contributed by atoms with E-state index in [0.717, 1.165) is 31.5 Å². The van der Waals surface area contributed by atoms with Gasteiger partial charge in [-0.3, -0.25) is 4.79 Å². The molecule has 1 saturated heterocycles. The van der Waals surface area contributed by atoms with Gasteiger partial charge in [0.1, 0.15) is 5.75 Å². The molecule has 19 heavy (non-hydrogen) atoms. The fourth-order valence-corrected chi connectivity index (χ4v) is 2.56. The monoisotopic (exact) mass is 262 g/mol. The highest BCUT2D eigenvalue weighted by molar-refractivity contribution is 5.96. The predicted octanol–water partition coefficient (Wildman–Crippen LogP) is 1.87. The molecule has 1 aliphatic heterocycles. The lowest BCUT2D eigenvalue weighted by Crippen LogP contribution is -2.44. The Labute approximate surface area is 114 Å². The van der Waals surface area contributed by atoms with Crippen molar-refractivity contribution in [2.24, 2.45) is 0 Å². The number of benzene rings is 1. The van der Waals surface area contributed by atoms with Crippen LogP contribution in [0.1, 0.15) is 28.8 Å². The van der Waals surface area contributed by atoms with E-state index >= 15 is 0 Å². The normalized spacial score (nSPS) is 17.4. The summed E-state index contributed by atoms with van der Waals surface area (Å²) in [7, 11) is 3.93. The maximum absolute atomic E-state index is 12.4. The number of piperidine rings is 1. The van der Waals surface area contributed by atoms with E-state index in [1.165, 1.54) is 0 Å². The summed E-state index contributed by atoms with van der Waals surface area (Å²) in [4.78, 5) is 16.5. The molecule has 1 N–H and O–H groups in total. The summed E-state index contributed by atoms with van der Waals surface area (Å²) in [5.74, 6) is -0.0168. The van der Waals surface area contributed by atoms with Gasteiger partial charge in [-0.05, 0) is 57.6 Å². The molecule has 1 aromatic carbocycles. The van der Waals surface area contributed by atoms with Crippen molar-refractivity contribution in [2.75, 3.05) is 27.2 Å². The van der Waals surface area contributed by atoms with Gasteiger partial charge in [-0.1, -0.05) is 6.07 Å². The zero-order chi connectivity index (χ0) is 14.0. The lowest BCUT2D eigenvalue weighted by Gasteiger charge is -2.35. The third-order valence-electron chi connectivity index (χ3n) is 3.94. The summed E-state index contributed by atoms with van der Waals surface area (Å²) in [6, 6.07) is 5.47. The second-order valence-corrected chi connectivity index (χ2v) is 5.47. The smallest absolute Gasteiger partial charge is 0.257 e. The number of carbonyl (C=O) groups excluding carboxylic acids is 1. The minimum absolute atomic E-state index is 0.0739. The van der Waals surface area contributed by atoms with E-state index in [1.54, 1.807) is 17.0 Å². The molecule has 1 aromatic rings. The molecule has 1 heterocycles. The minimum Gasteiger partial charge on any atom is -0.507 e. The number of hydrogen-bond donors (Lipinski definition) is 1. The average molecular weight is 262 g/mol. The zero-order valence-electron chi connectivity index (χ0n) is 11.9. The topological polar surface area (TPSA) is 43.8 Å². The molecule has 0 bridgehead atoms. The second kappa shape index (κ2) is 5.61. The van der Waals surface area contributed by atoms with Crippen LogP contribution in [0.2, 0.25) is 0 Å². The molecule has 0 unspecified atom stereocenters. The number of amides is 1. The van der Waals surface area contributed by atoms with Crippen LogP contribution in [0.15, 0.2) is 18.2 Å².